The fraction of sp³-hybridized carbons (Fsp3) is 0.0769. The van der Waals surface area contributed by atoms with E-state index >= 15 is 0 Å². The van der Waals surface area contributed by atoms with Crippen LogP contribution in [0.25, 0.3) is 0 Å². The number of nitrogens with one attached hydrogen (secondary N) is 2. The van der Waals surface area contributed by atoms with Crippen LogP contribution in [0.15, 0.2) is 30.5 Å². The van der Waals surface area contributed by atoms with Crippen molar-refractivity contribution in [2.75, 3.05) is 5.73 Å². The number of nitrogens with two attached hydrogens (primary N) is 1. The molecule has 0 aliphatic carbocycles. The van der Waals surface area contributed by atoms with Crippen LogP contribution in [0.2, 0.25) is 5.15 Å². The Kier molecular flexibility index (Phi) is 4.88. The van der Waals surface area contributed by atoms with E-state index in [4.69, 9.17) is 17.3 Å². The third kappa shape index (κ3) is 3.90. The zero-order chi connectivity index (χ0) is 17.9. The van der Waals surface area contributed by atoms with E-state index in [1.807, 2.05) is 10.9 Å². The summed E-state index contributed by atoms with van der Waals surface area (Å²) in [6.07, 6.45) is -3.62. The fourth-order valence-corrected chi connectivity index (χ4v) is 1.85. The van der Waals surface area contributed by atoms with Crippen molar-refractivity contribution in [2.24, 2.45) is 0 Å². The van der Waals surface area contributed by atoms with Crippen LogP contribution in [0, 0.1) is 0 Å². The van der Waals surface area contributed by atoms with E-state index < -0.39 is 29.1 Å². The van der Waals surface area contributed by atoms with Crippen LogP contribution >= 0.6 is 11.6 Å². The van der Waals surface area contributed by atoms with Crippen molar-refractivity contribution in [2.45, 2.75) is 6.18 Å². The van der Waals surface area contributed by atoms with Gasteiger partial charge in [0.25, 0.3) is 11.8 Å². The van der Waals surface area contributed by atoms with Crippen LogP contribution < -0.4 is 16.6 Å². The Morgan fingerprint density at radius 2 is 1.75 bits per heavy atom. The fourth-order valence-electron chi connectivity index (χ4n) is 1.71. The Morgan fingerprint density at radius 1 is 1.12 bits per heavy atom. The SMILES string of the molecule is Nc1ncc(Cl)nc1C(=O)NNC(=O)c1ccccc1C(F)(F)F. The number of hydrazine groups is 1. The molecule has 126 valence electrons. The predicted octanol–water partition coefficient (Wildman–Crippen LogP) is 1.81. The molecule has 0 fully saturated rings. The summed E-state index contributed by atoms with van der Waals surface area (Å²) in [6.45, 7) is 0. The number of anilines is 1. The minimum absolute atomic E-state index is 0.122. The molecule has 2 rings (SSSR count). The molecule has 11 heteroatoms. The van der Waals surface area contributed by atoms with E-state index in [9.17, 15) is 22.8 Å². The summed E-state index contributed by atoms with van der Waals surface area (Å²) < 4.78 is 38.6. The summed E-state index contributed by atoms with van der Waals surface area (Å²) in [4.78, 5) is 30.9. The molecule has 1 aromatic heterocycles. The third-order valence-electron chi connectivity index (χ3n) is 2.75. The maximum atomic E-state index is 12.9. The maximum absolute atomic E-state index is 12.9. The summed E-state index contributed by atoms with van der Waals surface area (Å²) in [6, 6.07) is 4.11. The van der Waals surface area contributed by atoms with E-state index in [-0.39, 0.29) is 16.7 Å². The summed E-state index contributed by atoms with van der Waals surface area (Å²) in [5.74, 6) is -2.41. The van der Waals surface area contributed by atoms with E-state index in [0.717, 1.165) is 24.4 Å². The highest BCUT2D eigenvalue weighted by molar-refractivity contribution is 6.29. The number of carbonyl (C=O) groups excluding carboxylic acids is 2. The molecule has 0 unspecified atom stereocenters. The second kappa shape index (κ2) is 6.71. The molecular formula is C13H9ClF3N5O2. The highest BCUT2D eigenvalue weighted by atomic mass is 35.5. The van der Waals surface area contributed by atoms with Gasteiger partial charge in [-0.3, -0.25) is 20.4 Å². The van der Waals surface area contributed by atoms with Crippen LogP contribution in [-0.2, 0) is 6.18 Å². The van der Waals surface area contributed by atoms with Crippen molar-refractivity contribution in [3.63, 3.8) is 0 Å². The Balaban J connectivity index is 2.14. The lowest BCUT2D eigenvalue weighted by Crippen LogP contribution is -2.42. The number of aromatic nitrogens is 2. The minimum atomic E-state index is -4.72. The molecule has 0 radical (unpaired) electrons. The second-order valence-electron chi connectivity index (χ2n) is 4.38. The first-order chi connectivity index (χ1) is 11.2. The van der Waals surface area contributed by atoms with Gasteiger partial charge in [-0.05, 0) is 12.1 Å². The van der Waals surface area contributed by atoms with Crippen molar-refractivity contribution in [3.8, 4) is 0 Å². The molecule has 1 heterocycles. The van der Waals surface area contributed by atoms with Crippen LogP contribution in [0.5, 0.6) is 0 Å². The molecule has 0 aliphatic heterocycles. The molecule has 2 amide bonds. The van der Waals surface area contributed by atoms with Gasteiger partial charge in [0.15, 0.2) is 11.5 Å². The average Bonchev–Trinajstić information content (AvgIpc) is 2.53. The highest BCUT2D eigenvalue weighted by Gasteiger charge is 2.34. The molecular weight excluding hydrogens is 351 g/mol. The topological polar surface area (TPSA) is 110 Å². The number of benzene rings is 1. The van der Waals surface area contributed by atoms with Crippen molar-refractivity contribution in [3.05, 3.63) is 52.4 Å². The number of hydrogen-bond donors (Lipinski definition) is 3. The average molecular weight is 360 g/mol. The first kappa shape index (κ1) is 17.5. The van der Waals surface area contributed by atoms with Gasteiger partial charge in [-0.1, -0.05) is 23.7 Å². The van der Waals surface area contributed by atoms with Gasteiger partial charge in [-0.2, -0.15) is 13.2 Å². The Labute approximate surface area is 138 Å². The van der Waals surface area contributed by atoms with Gasteiger partial charge in [-0.25, -0.2) is 9.97 Å². The van der Waals surface area contributed by atoms with Crippen molar-refractivity contribution >= 4 is 29.2 Å². The number of alkyl halides is 3. The number of hydrogen-bond acceptors (Lipinski definition) is 5. The molecule has 2 aromatic rings. The number of nitrogen functional groups attached to an aromatic ring is 1. The van der Waals surface area contributed by atoms with Crippen LogP contribution in [0.4, 0.5) is 19.0 Å². The minimum Gasteiger partial charge on any atom is -0.382 e. The molecule has 0 atom stereocenters. The number of rotatable bonds is 2. The molecule has 0 spiro atoms. The van der Waals surface area contributed by atoms with E-state index in [0.29, 0.717) is 0 Å². The summed E-state index contributed by atoms with van der Waals surface area (Å²) in [7, 11) is 0. The molecule has 1 aromatic carbocycles. The van der Waals surface area contributed by atoms with Crippen molar-refractivity contribution < 1.29 is 22.8 Å². The van der Waals surface area contributed by atoms with Gasteiger partial charge < -0.3 is 5.73 Å². The molecule has 0 aliphatic rings. The zero-order valence-corrected chi connectivity index (χ0v) is 12.4. The molecule has 4 N–H and O–H groups in total. The number of halogens is 4. The third-order valence-corrected chi connectivity index (χ3v) is 2.94. The van der Waals surface area contributed by atoms with Crippen molar-refractivity contribution in [1.82, 2.24) is 20.8 Å². The summed E-state index contributed by atoms with van der Waals surface area (Å²) >= 11 is 5.57. The van der Waals surface area contributed by atoms with Gasteiger partial charge in [0.05, 0.1) is 17.3 Å². The van der Waals surface area contributed by atoms with E-state index in [2.05, 4.69) is 9.97 Å². The quantitative estimate of drug-likeness (QED) is 0.708. The van der Waals surface area contributed by atoms with E-state index in [1.165, 1.54) is 6.07 Å². The second-order valence-corrected chi connectivity index (χ2v) is 4.77. The molecule has 0 bridgehead atoms. The van der Waals surface area contributed by atoms with Crippen LogP contribution in [0.1, 0.15) is 26.4 Å². The smallest absolute Gasteiger partial charge is 0.382 e. The lowest BCUT2D eigenvalue weighted by molar-refractivity contribution is -0.137. The number of nitrogens with zero attached hydrogens (tertiary/aromatic N) is 2. The van der Waals surface area contributed by atoms with Crippen molar-refractivity contribution in [1.29, 1.82) is 0 Å². The van der Waals surface area contributed by atoms with Gasteiger partial charge in [0.2, 0.25) is 0 Å². The predicted molar refractivity (Wildman–Crippen MR) is 77.8 cm³/mol. The van der Waals surface area contributed by atoms with Gasteiger partial charge in [-0.15, -0.1) is 0 Å². The highest BCUT2D eigenvalue weighted by Crippen LogP contribution is 2.31. The number of amides is 2. The Morgan fingerprint density at radius 3 is 2.42 bits per heavy atom. The van der Waals surface area contributed by atoms with Gasteiger partial charge >= 0.3 is 6.18 Å². The zero-order valence-electron chi connectivity index (χ0n) is 11.7. The lowest BCUT2D eigenvalue weighted by atomic mass is 10.1. The first-order valence-corrected chi connectivity index (χ1v) is 6.63. The Hall–Kier alpha value is -2.88. The van der Waals surface area contributed by atoms with Crippen LogP contribution in [0.3, 0.4) is 0 Å². The lowest BCUT2D eigenvalue weighted by Gasteiger charge is -2.13. The molecule has 24 heavy (non-hydrogen) atoms. The number of carbonyl (C=O) groups is 2. The first-order valence-electron chi connectivity index (χ1n) is 6.25. The Bertz CT molecular complexity index is 797. The molecule has 7 nitrogen and oxygen atoms in total. The molecule has 0 saturated carbocycles. The monoisotopic (exact) mass is 359 g/mol. The van der Waals surface area contributed by atoms with Gasteiger partial charge in [0.1, 0.15) is 5.15 Å². The largest absolute Gasteiger partial charge is 0.417 e. The maximum Gasteiger partial charge on any atom is 0.417 e. The standard InChI is InChI=1S/C13H9ClF3N5O2/c14-8-5-19-10(18)9(20-8)12(24)22-21-11(23)6-3-1-2-4-7(6)13(15,16)17/h1-5H,(H2,18,19)(H,21,23)(H,22,24). The van der Waals surface area contributed by atoms with E-state index in [1.54, 1.807) is 0 Å². The summed E-state index contributed by atoms with van der Waals surface area (Å²) in [5, 5.41) is -0.122. The van der Waals surface area contributed by atoms with Crippen LogP contribution in [-0.4, -0.2) is 21.8 Å². The molecule has 0 saturated heterocycles. The normalized spacial score (nSPS) is 11.0. The van der Waals surface area contributed by atoms with Gasteiger partial charge in [0, 0.05) is 0 Å². The summed E-state index contributed by atoms with van der Waals surface area (Å²) in [5.41, 5.74) is 7.00.